The predicted molar refractivity (Wildman–Crippen MR) is 129 cm³/mol. The second-order valence-corrected chi connectivity index (χ2v) is 9.58. The third-order valence-electron chi connectivity index (χ3n) is 6.99. The second-order valence-electron chi connectivity index (χ2n) is 9.58. The Labute approximate surface area is 213 Å². The van der Waals surface area contributed by atoms with Crippen molar-refractivity contribution in [2.45, 2.75) is 84.8 Å². The fourth-order valence-electron chi connectivity index (χ4n) is 4.62. The standard InChI is InChI=1S/C26H37FO4.Na.H/c1-5-26(6-2)14-13-25(3,4)23(12-11-20(28)15-21(29)16-24(30)31)22(17-26)18-7-9-19(27)10-8-18;;/h7-12,20-21,28-29H,5-6,13-17H2,1-4H3,(H,30,31);;/b12-11+;;. The van der Waals surface area contributed by atoms with Crippen molar-refractivity contribution < 1.29 is 24.5 Å². The molecule has 0 fully saturated rings. The van der Waals surface area contributed by atoms with Gasteiger partial charge in [0.25, 0.3) is 0 Å². The molecule has 0 radical (unpaired) electrons. The fraction of sp³-hybridized carbons (Fsp3) is 0.577. The third-order valence-corrected chi connectivity index (χ3v) is 6.99. The van der Waals surface area contributed by atoms with Crippen LogP contribution in [0, 0.1) is 16.6 Å². The molecular formula is C26H38FNaO4. The Morgan fingerprint density at radius 2 is 1.72 bits per heavy atom. The van der Waals surface area contributed by atoms with E-state index in [1.165, 1.54) is 17.7 Å². The van der Waals surface area contributed by atoms with Crippen molar-refractivity contribution in [1.82, 2.24) is 0 Å². The first-order valence-electron chi connectivity index (χ1n) is 11.3. The monoisotopic (exact) mass is 456 g/mol. The molecule has 2 rings (SSSR count). The van der Waals surface area contributed by atoms with Crippen LogP contribution in [0.3, 0.4) is 0 Å². The van der Waals surface area contributed by atoms with Crippen molar-refractivity contribution in [2.24, 2.45) is 10.8 Å². The van der Waals surface area contributed by atoms with E-state index >= 15 is 0 Å². The van der Waals surface area contributed by atoms with E-state index in [9.17, 15) is 19.4 Å². The summed E-state index contributed by atoms with van der Waals surface area (Å²) < 4.78 is 13.6. The molecule has 1 aliphatic rings. The second kappa shape index (κ2) is 12.5. The number of halogens is 1. The van der Waals surface area contributed by atoms with Gasteiger partial charge in [-0.05, 0) is 58.9 Å². The van der Waals surface area contributed by atoms with Crippen molar-refractivity contribution in [2.75, 3.05) is 0 Å². The van der Waals surface area contributed by atoms with E-state index < -0.39 is 24.6 Å². The quantitative estimate of drug-likeness (QED) is 0.452. The molecule has 0 heterocycles. The number of carboxylic acid groups (broad SMARTS) is 1. The minimum atomic E-state index is -1.10. The molecule has 1 aromatic carbocycles. The van der Waals surface area contributed by atoms with E-state index in [1.807, 2.05) is 18.2 Å². The van der Waals surface area contributed by atoms with Crippen LogP contribution >= 0.6 is 0 Å². The molecule has 174 valence electrons. The predicted octanol–water partition coefficient (Wildman–Crippen LogP) is 5.09. The molecule has 2 unspecified atom stereocenters. The molecule has 6 heteroatoms. The van der Waals surface area contributed by atoms with Crippen molar-refractivity contribution >= 4 is 41.1 Å². The number of benzene rings is 1. The number of aliphatic hydroxyl groups is 2. The van der Waals surface area contributed by atoms with Gasteiger partial charge in [-0.1, -0.05) is 64.8 Å². The first-order chi connectivity index (χ1) is 14.5. The Kier molecular flexibility index (Phi) is 11.3. The summed E-state index contributed by atoms with van der Waals surface area (Å²) in [6, 6.07) is 6.61. The van der Waals surface area contributed by atoms with E-state index in [0.717, 1.165) is 43.2 Å². The number of rotatable bonds is 9. The van der Waals surface area contributed by atoms with Crippen molar-refractivity contribution in [3.05, 3.63) is 53.4 Å². The molecule has 1 aliphatic carbocycles. The van der Waals surface area contributed by atoms with Gasteiger partial charge < -0.3 is 15.3 Å². The molecule has 0 saturated carbocycles. The first kappa shape index (κ1) is 29.1. The Morgan fingerprint density at radius 1 is 1.12 bits per heavy atom. The van der Waals surface area contributed by atoms with Gasteiger partial charge in [-0.25, -0.2) is 4.39 Å². The molecule has 0 bridgehead atoms. The van der Waals surface area contributed by atoms with Crippen molar-refractivity contribution in [3.63, 3.8) is 0 Å². The van der Waals surface area contributed by atoms with Crippen LogP contribution in [0.15, 0.2) is 42.0 Å². The van der Waals surface area contributed by atoms with Gasteiger partial charge in [0, 0.05) is 6.42 Å². The molecule has 0 saturated heterocycles. The average Bonchev–Trinajstić information content (AvgIpc) is 2.80. The van der Waals surface area contributed by atoms with Crippen LogP contribution in [0.4, 0.5) is 4.39 Å². The molecule has 2 atom stereocenters. The molecule has 0 aromatic heterocycles. The van der Waals surface area contributed by atoms with Gasteiger partial charge in [0.2, 0.25) is 0 Å². The molecule has 1 aromatic rings. The number of hydrogen-bond acceptors (Lipinski definition) is 3. The van der Waals surface area contributed by atoms with Gasteiger partial charge in [-0.15, -0.1) is 0 Å². The summed E-state index contributed by atoms with van der Waals surface area (Å²) in [7, 11) is 0. The summed E-state index contributed by atoms with van der Waals surface area (Å²) in [5.74, 6) is -1.36. The van der Waals surface area contributed by atoms with Crippen molar-refractivity contribution in [3.8, 4) is 0 Å². The number of carbonyl (C=O) groups is 1. The number of aliphatic carboxylic acids is 1. The Bertz CT molecular complexity index is 810. The Balaban J connectivity index is 0.00000512. The molecule has 0 amide bonds. The normalized spacial score (nSPS) is 19.8. The molecule has 3 N–H and O–H groups in total. The van der Waals surface area contributed by atoms with Crippen molar-refractivity contribution in [1.29, 1.82) is 0 Å². The maximum absolute atomic E-state index is 13.6. The van der Waals surface area contributed by atoms with Crippen LogP contribution in [0.5, 0.6) is 0 Å². The average molecular weight is 457 g/mol. The first-order valence-corrected chi connectivity index (χ1v) is 11.3. The van der Waals surface area contributed by atoms with E-state index in [0.29, 0.717) is 0 Å². The topological polar surface area (TPSA) is 77.8 Å². The molecule has 4 nitrogen and oxygen atoms in total. The molecule has 32 heavy (non-hydrogen) atoms. The molecular weight excluding hydrogens is 418 g/mol. The molecule has 0 aliphatic heterocycles. The zero-order valence-corrected chi connectivity index (χ0v) is 19.2. The van der Waals surface area contributed by atoms with Gasteiger partial charge in [-0.2, -0.15) is 0 Å². The van der Waals surface area contributed by atoms with Crippen LogP contribution in [-0.2, 0) is 4.79 Å². The van der Waals surface area contributed by atoms with Gasteiger partial charge in [0.05, 0.1) is 18.6 Å². The summed E-state index contributed by atoms with van der Waals surface area (Å²) in [5, 5.41) is 29.0. The van der Waals surface area contributed by atoms with Crippen LogP contribution in [0.25, 0.3) is 5.57 Å². The zero-order chi connectivity index (χ0) is 23.2. The summed E-state index contributed by atoms with van der Waals surface area (Å²) in [4.78, 5) is 10.8. The minimum absolute atomic E-state index is 0. The van der Waals surface area contributed by atoms with Crippen LogP contribution in [0.1, 0.15) is 78.2 Å². The van der Waals surface area contributed by atoms with Crippen LogP contribution < -0.4 is 0 Å². The maximum atomic E-state index is 13.6. The number of aliphatic hydroxyl groups excluding tert-OH is 2. The van der Waals surface area contributed by atoms with Crippen LogP contribution in [0.2, 0.25) is 0 Å². The van der Waals surface area contributed by atoms with E-state index in [2.05, 4.69) is 27.7 Å². The summed E-state index contributed by atoms with van der Waals surface area (Å²) >= 11 is 0. The SMILES string of the molecule is CCC1(CC)CCC(C)(C)C(/C=C/C(O)CC(O)CC(=O)O)=C(c2ccc(F)cc2)C1.[NaH]. The summed E-state index contributed by atoms with van der Waals surface area (Å²) in [5.41, 5.74) is 3.29. The van der Waals surface area contributed by atoms with Gasteiger partial charge in [0.1, 0.15) is 5.82 Å². The van der Waals surface area contributed by atoms with Crippen LogP contribution in [-0.4, -0.2) is 63.1 Å². The van der Waals surface area contributed by atoms with Gasteiger partial charge >= 0.3 is 35.5 Å². The third kappa shape index (κ3) is 7.81. The van der Waals surface area contributed by atoms with E-state index in [-0.39, 0.29) is 52.6 Å². The number of carboxylic acids is 1. The Hall–Kier alpha value is -0.980. The Morgan fingerprint density at radius 3 is 2.25 bits per heavy atom. The van der Waals surface area contributed by atoms with Gasteiger partial charge in [-0.3, -0.25) is 4.79 Å². The number of hydrogen-bond donors (Lipinski definition) is 3. The van der Waals surface area contributed by atoms with E-state index in [4.69, 9.17) is 5.11 Å². The summed E-state index contributed by atoms with van der Waals surface area (Å²) in [6.45, 7) is 8.85. The van der Waals surface area contributed by atoms with Gasteiger partial charge in [0.15, 0.2) is 0 Å². The fourth-order valence-corrected chi connectivity index (χ4v) is 4.62. The molecule has 0 spiro atoms. The van der Waals surface area contributed by atoms with E-state index in [1.54, 1.807) is 6.08 Å². The summed E-state index contributed by atoms with van der Waals surface area (Å²) in [6.07, 6.45) is 6.20. The number of allylic oxidation sites excluding steroid dienone is 3. The zero-order valence-electron chi connectivity index (χ0n) is 19.2.